The zero-order valence-corrected chi connectivity index (χ0v) is 13.9. The second-order valence-corrected chi connectivity index (χ2v) is 7.12. The fourth-order valence-electron chi connectivity index (χ4n) is 2.90. The van der Waals surface area contributed by atoms with E-state index in [1.165, 1.54) is 32.1 Å². The summed E-state index contributed by atoms with van der Waals surface area (Å²) in [7, 11) is 1.80. The molecular formula is C16H32N2O3. The van der Waals surface area contributed by atoms with E-state index in [4.69, 9.17) is 4.74 Å². The molecule has 1 rings (SSSR count). The standard InChI is InChI=1S/C16H32N2O3/c1-16(2,3)21-15(20)18-13(14(19)11-17-4)10-12-8-6-5-7-9-12/h12-14,17,19H,5-11H2,1-4H3,(H,18,20)/t13-,14-/m0/s1. The van der Waals surface area contributed by atoms with Crippen molar-refractivity contribution >= 4 is 6.09 Å². The first-order chi connectivity index (χ1) is 9.81. The number of likely N-dealkylation sites (N-methyl/N-ethyl adjacent to an activating group) is 1. The van der Waals surface area contributed by atoms with Crippen molar-refractivity contribution in [3.05, 3.63) is 0 Å². The van der Waals surface area contributed by atoms with Crippen LogP contribution in [0.15, 0.2) is 0 Å². The molecule has 0 saturated heterocycles. The molecule has 0 aromatic heterocycles. The number of aliphatic hydroxyl groups excluding tert-OH is 1. The Morgan fingerprint density at radius 2 is 1.90 bits per heavy atom. The van der Waals surface area contributed by atoms with E-state index in [-0.39, 0.29) is 6.04 Å². The van der Waals surface area contributed by atoms with E-state index in [0.717, 1.165) is 6.42 Å². The van der Waals surface area contributed by atoms with E-state index >= 15 is 0 Å². The Morgan fingerprint density at radius 3 is 2.43 bits per heavy atom. The number of ether oxygens (including phenoxy) is 1. The molecule has 21 heavy (non-hydrogen) atoms. The minimum absolute atomic E-state index is 0.254. The summed E-state index contributed by atoms with van der Waals surface area (Å²) in [6.45, 7) is 5.99. The van der Waals surface area contributed by atoms with Gasteiger partial charge in [0.15, 0.2) is 0 Å². The zero-order valence-electron chi connectivity index (χ0n) is 13.9. The molecule has 5 heteroatoms. The molecule has 3 N–H and O–H groups in total. The number of carbonyl (C=O) groups is 1. The van der Waals surface area contributed by atoms with Gasteiger partial charge in [-0.05, 0) is 40.2 Å². The summed E-state index contributed by atoms with van der Waals surface area (Å²) in [5, 5.41) is 16.1. The topological polar surface area (TPSA) is 70.6 Å². The van der Waals surface area contributed by atoms with Crippen molar-refractivity contribution < 1.29 is 14.6 Å². The van der Waals surface area contributed by atoms with Crippen molar-refractivity contribution in [3.63, 3.8) is 0 Å². The van der Waals surface area contributed by atoms with Crippen LogP contribution >= 0.6 is 0 Å². The van der Waals surface area contributed by atoms with E-state index in [0.29, 0.717) is 12.5 Å². The second kappa shape index (κ2) is 8.59. The molecule has 5 nitrogen and oxygen atoms in total. The molecule has 0 heterocycles. The van der Waals surface area contributed by atoms with Crippen molar-refractivity contribution in [3.8, 4) is 0 Å². The van der Waals surface area contributed by atoms with E-state index in [1.807, 2.05) is 20.8 Å². The smallest absolute Gasteiger partial charge is 0.407 e. The summed E-state index contributed by atoms with van der Waals surface area (Å²) >= 11 is 0. The van der Waals surface area contributed by atoms with Crippen molar-refractivity contribution in [1.82, 2.24) is 10.6 Å². The monoisotopic (exact) mass is 300 g/mol. The van der Waals surface area contributed by atoms with Crippen LogP contribution in [-0.2, 0) is 4.74 Å². The number of rotatable bonds is 6. The van der Waals surface area contributed by atoms with Gasteiger partial charge in [-0.1, -0.05) is 32.1 Å². The molecule has 0 aliphatic heterocycles. The van der Waals surface area contributed by atoms with Gasteiger partial charge in [0.1, 0.15) is 5.60 Å². The molecule has 0 radical (unpaired) electrons. The average molecular weight is 300 g/mol. The molecular weight excluding hydrogens is 268 g/mol. The van der Waals surface area contributed by atoms with Gasteiger partial charge in [0.2, 0.25) is 0 Å². The van der Waals surface area contributed by atoms with Gasteiger partial charge in [0.25, 0.3) is 0 Å². The van der Waals surface area contributed by atoms with Crippen molar-refractivity contribution in [1.29, 1.82) is 0 Å². The van der Waals surface area contributed by atoms with Gasteiger partial charge >= 0.3 is 6.09 Å². The number of hydrogen-bond acceptors (Lipinski definition) is 4. The van der Waals surface area contributed by atoms with Gasteiger partial charge in [-0.15, -0.1) is 0 Å². The van der Waals surface area contributed by atoms with Gasteiger partial charge in [-0.2, -0.15) is 0 Å². The van der Waals surface area contributed by atoms with Gasteiger partial charge in [0, 0.05) is 6.54 Å². The van der Waals surface area contributed by atoms with E-state index in [1.54, 1.807) is 7.05 Å². The predicted octanol–water partition coefficient (Wildman–Crippen LogP) is 2.43. The number of alkyl carbamates (subject to hydrolysis) is 1. The molecule has 0 aromatic carbocycles. The summed E-state index contributed by atoms with van der Waals surface area (Å²) in [4.78, 5) is 12.0. The largest absolute Gasteiger partial charge is 0.444 e. The molecule has 2 atom stereocenters. The van der Waals surface area contributed by atoms with E-state index in [9.17, 15) is 9.90 Å². The van der Waals surface area contributed by atoms with Gasteiger partial charge in [-0.25, -0.2) is 4.79 Å². The highest BCUT2D eigenvalue weighted by Gasteiger charge is 2.27. The third-order valence-corrected chi connectivity index (χ3v) is 3.89. The fraction of sp³-hybridized carbons (Fsp3) is 0.938. The Kier molecular flexibility index (Phi) is 7.46. The Balaban J connectivity index is 2.56. The molecule has 0 unspecified atom stereocenters. The molecule has 0 aromatic rings. The van der Waals surface area contributed by atoms with Crippen LogP contribution in [0.25, 0.3) is 0 Å². The minimum atomic E-state index is -0.593. The minimum Gasteiger partial charge on any atom is -0.444 e. The maximum absolute atomic E-state index is 12.0. The maximum atomic E-state index is 12.0. The Bertz CT molecular complexity index is 309. The maximum Gasteiger partial charge on any atom is 0.407 e. The third kappa shape index (κ3) is 7.67. The van der Waals surface area contributed by atoms with Gasteiger partial charge < -0.3 is 20.5 Å². The summed E-state index contributed by atoms with van der Waals surface area (Å²) in [5.74, 6) is 0.588. The Labute approximate surface area is 128 Å². The van der Waals surface area contributed by atoms with E-state index in [2.05, 4.69) is 10.6 Å². The van der Waals surface area contributed by atoms with Crippen LogP contribution in [0.5, 0.6) is 0 Å². The summed E-state index contributed by atoms with van der Waals surface area (Å²) in [6.07, 6.45) is 5.99. The van der Waals surface area contributed by atoms with Gasteiger partial charge in [0.05, 0.1) is 12.1 Å². The highest BCUT2D eigenvalue weighted by Crippen LogP contribution is 2.28. The molecule has 1 fully saturated rings. The lowest BCUT2D eigenvalue weighted by molar-refractivity contribution is 0.0394. The van der Waals surface area contributed by atoms with Crippen LogP contribution < -0.4 is 10.6 Å². The molecule has 1 aliphatic rings. The van der Waals surface area contributed by atoms with Crippen molar-refractivity contribution in [2.75, 3.05) is 13.6 Å². The quantitative estimate of drug-likeness (QED) is 0.704. The second-order valence-electron chi connectivity index (χ2n) is 7.12. The predicted molar refractivity (Wildman–Crippen MR) is 84.3 cm³/mol. The van der Waals surface area contributed by atoms with Crippen LogP contribution in [0, 0.1) is 5.92 Å². The summed E-state index contributed by atoms with van der Waals surface area (Å²) < 4.78 is 5.30. The average Bonchev–Trinajstić information content (AvgIpc) is 2.37. The van der Waals surface area contributed by atoms with Crippen LogP contribution in [0.4, 0.5) is 4.79 Å². The first-order valence-corrected chi connectivity index (χ1v) is 8.14. The lowest BCUT2D eigenvalue weighted by Gasteiger charge is -2.31. The number of amides is 1. The molecule has 124 valence electrons. The first kappa shape index (κ1) is 18.2. The molecule has 1 aliphatic carbocycles. The lowest BCUT2D eigenvalue weighted by Crippen LogP contribution is -2.49. The van der Waals surface area contributed by atoms with Crippen LogP contribution in [0.2, 0.25) is 0 Å². The normalized spacial score (nSPS) is 19.9. The third-order valence-electron chi connectivity index (χ3n) is 3.89. The van der Waals surface area contributed by atoms with Crippen LogP contribution in [0.3, 0.4) is 0 Å². The highest BCUT2D eigenvalue weighted by atomic mass is 16.6. The van der Waals surface area contributed by atoms with Crippen LogP contribution in [0.1, 0.15) is 59.3 Å². The molecule has 0 bridgehead atoms. The van der Waals surface area contributed by atoms with Crippen molar-refractivity contribution in [2.24, 2.45) is 5.92 Å². The summed E-state index contributed by atoms with van der Waals surface area (Å²) in [5.41, 5.74) is -0.520. The number of hydrogen-bond donors (Lipinski definition) is 3. The SMILES string of the molecule is CNC[C@H](O)[C@H](CC1CCCCC1)NC(=O)OC(C)(C)C. The fourth-order valence-corrected chi connectivity index (χ4v) is 2.90. The molecule has 0 spiro atoms. The molecule has 1 amide bonds. The summed E-state index contributed by atoms with van der Waals surface area (Å²) in [6, 6.07) is -0.254. The zero-order chi connectivity index (χ0) is 15.9. The Morgan fingerprint density at radius 1 is 1.29 bits per heavy atom. The first-order valence-electron chi connectivity index (χ1n) is 8.14. The van der Waals surface area contributed by atoms with E-state index < -0.39 is 17.8 Å². The lowest BCUT2D eigenvalue weighted by atomic mass is 9.83. The van der Waals surface area contributed by atoms with Gasteiger partial charge in [-0.3, -0.25) is 0 Å². The van der Waals surface area contributed by atoms with Crippen molar-refractivity contribution in [2.45, 2.75) is 77.0 Å². The number of aliphatic hydroxyl groups is 1. The Hall–Kier alpha value is -0.810. The molecule has 1 saturated carbocycles. The number of nitrogens with one attached hydrogen (secondary N) is 2. The highest BCUT2D eigenvalue weighted by molar-refractivity contribution is 5.68. The number of carbonyl (C=O) groups excluding carboxylic acids is 1. The van der Waals surface area contributed by atoms with Crippen LogP contribution in [-0.4, -0.2) is 42.5 Å².